The summed E-state index contributed by atoms with van der Waals surface area (Å²) in [6.45, 7) is 3.42. The fourth-order valence-electron chi connectivity index (χ4n) is 1.88. The molecule has 0 saturated carbocycles. The fourth-order valence-corrected chi connectivity index (χ4v) is 2.66. The van der Waals surface area contributed by atoms with E-state index in [0.29, 0.717) is 18.7 Å². The zero-order valence-electron chi connectivity index (χ0n) is 11.0. The Balaban J connectivity index is 1.73. The quantitative estimate of drug-likeness (QED) is 0.429. The van der Waals surface area contributed by atoms with Gasteiger partial charge in [-0.1, -0.05) is 19.8 Å². The van der Waals surface area contributed by atoms with Gasteiger partial charge in [0.1, 0.15) is 11.7 Å². The summed E-state index contributed by atoms with van der Waals surface area (Å²) in [6.07, 6.45) is 3.98. The van der Waals surface area contributed by atoms with E-state index in [4.69, 9.17) is 4.74 Å². The number of nitrogens with one attached hydrogen (secondary N) is 2. The molecule has 0 aromatic heterocycles. The van der Waals surface area contributed by atoms with Crippen LogP contribution in [0.5, 0.6) is 0 Å². The average Bonchev–Trinajstić information content (AvgIpc) is 3.00. The number of hydrazine groups is 1. The van der Waals surface area contributed by atoms with Gasteiger partial charge in [0.05, 0.1) is 6.61 Å². The Morgan fingerprint density at radius 1 is 1.63 bits per heavy atom. The minimum absolute atomic E-state index is 0.255. The van der Waals surface area contributed by atoms with Gasteiger partial charge in [-0.3, -0.25) is 4.79 Å². The van der Waals surface area contributed by atoms with Crippen molar-refractivity contribution in [2.45, 2.75) is 38.6 Å². The van der Waals surface area contributed by atoms with Crippen LogP contribution in [0.15, 0.2) is 11.1 Å². The first-order valence-electron chi connectivity index (χ1n) is 6.59. The first kappa shape index (κ1) is 14.2. The molecule has 7 heteroatoms. The summed E-state index contributed by atoms with van der Waals surface area (Å²) in [7, 11) is 0. The van der Waals surface area contributed by atoms with Crippen LogP contribution < -0.4 is 10.7 Å². The van der Waals surface area contributed by atoms with E-state index >= 15 is 0 Å². The van der Waals surface area contributed by atoms with Crippen LogP contribution in [0.1, 0.15) is 32.6 Å². The molecule has 6 nitrogen and oxygen atoms in total. The number of carbonyl (C=O) groups excluding carboxylic acids is 2. The number of cyclic esters (lactones) is 1. The molecular formula is C12H19N3O3S. The second-order valence-electron chi connectivity index (χ2n) is 4.54. The van der Waals surface area contributed by atoms with Crippen LogP contribution >= 0.6 is 11.9 Å². The number of nitrogens with zero attached hydrogens (tertiary/aromatic N) is 1. The molecule has 2 aliphatic heterocycles. The van der Waals surface area contributed by atoms with Gasteiger partial charge in [-0.2, -0.15) is 4.41 Å². The SMILES string of the molecule is CCCCCN1NC(C(=O)NC2CCOC2=O)=CS1. The van der Waals surface area contributed by atoms with Crippen molar-refractivity contribution < 1.29 is 14.3 Å². The molecule has 1 fully saturated rings. The molecule has 0 radical (unpaired) electrons. The van der Waals surface area contributed by atoms with Gasteiger partial charge in [0.15, 0.2) is 0 Å². The molecule has 19 heavy (non-hydrogen) atoms. The van der Waals surface area contributed by atoms with Crippen LogP contribution in [0.25, 0.3) is 0 Å². The number of unbranched alkanes of at least 4 members (excludes halogenated alkanes) is 2. The standard InChI is InChI=1S/C12H19N3O3S/c1-2-3-4-6-15-14-10(8-19-15)11(16)13-9-5-7-18-12(9)17/h8-9,14H,2-7H2,1H3,(H,13,16). The zero-order chi connectivity index (χ0) is 13.7. The summed E-state index contributed by atoms with van der Waals surface area (Å²) < 4.78 is 6.73. The molecular weight excluding hydrogens is 266 g/mol. The Kier molecular flexibility index (Phi) is 5.09. The average molecular weight is 285 g/mol. The minimum atomic E-state index is -0.505. The molecule has 2 aliphatic rings. The van der Waals surface area contributed by atoms with Crippen molar-refractivity contribution in [3.05, 3.63) is 11.1 Å². The number of rotatable bonds is 6. The van der Waals surface area contributed by atoms with Crippen molar-refractivity contribution in [1.82, 2.24) is 15.2 Å². The van der Waals surface area contributed by atoms with Gasteiger partial charge >= 0.3 is 5.97 Å². The molecule has 2 heterocycles. The summed E-state index contributed by atoms with van der Waals surface area (Å²) in [4.78, 5) is 23.2. The van der Waals surface area contributed by atoms with Crippen LogP contribution in [-0.4, -0.2) is 35.5 Å². The Hall–Kier alpha value is -1.21. The Morgan fingerprint density at radius 2 is 2.47 bits per heavy atom. The number of carbonyl (C=O) groups is 2. The van der Waals surface area contributed by atoms with E-state index in [9.17, 15) is 9.59 Å². The van der Waals surface area contributed by atoms with Crippen LogP contribution in [0.2, 0.25) is 0 Å². The Morgan fingerprint density at radius 3 is 3.16 bits per heavy atom. The van der Waals surface area contributed by atoms with E-state index in [0.717, 1.165) is 13.0 Å². The lowest BCUT2D eigenvalue weighted by Gasteiger charge is -2.16. The third-order valence-electron chi connectivity index (χ3n) is 2.99. The number of hydrogen-bond donors (Lipinski definition) is 2. The molecule has 0 bridgehead atoms. The maximum absolute atomic E-state index is 11.9. The normalized spacial score (nSPS) is 22.9. The molecule has 1 atom stereocenters. The molecule has 0 aromatic carbocycles. The van der Waals surface area contributed by atoms with Crippen LogP contribution in [-0.2, 0) is 14.3 Å². The molecule has 0 aliphatic carbocycles. The topological polar surface area (TPSA) is 70.7 Å². The van der Waals surface area contributed by atoms with E-state index < -0.39 is 6.04 Å². The van der Waals surface area contributed by atoms with Gasteiger partial charge in [0, 0.05) is 18.4 Å². The molecule has 0 aromatic rings. The highest BCUT2D eigenvalue weighted by molar-refractivity contribution is 8.00. The first-order chi connectivity index (χ1) is 9.20. The van der Waals surface area contributed by atoms with Crippen molar-refractivity contribution in [3.8, 4) is 0 Å². The summed E-state index contributed by atoms with van der Waals surface area (Å²) in [5.74, 6) is -0.603. The highest BCUT2D eigenvalue weighted by Gasteiger charge is 2.30. The second kappa shape index (κ2) is 6.81. The van der Waals surface area contributed by atoms with Gasteiger partial charge in [0.25, 0.3) is 5.91 Å². The van der Waals surface area contributed by atoms with Crippen molar-refractivity contribution in [2.24, 2.45) is 0 Å². The lowest BCUT2D eigenvalue weighted by molar-refractivity contribution is -0.141. The van der Waals surface area contributed by atoms with Gasteiger partial charge in [-0.15, -0.1) is 0 Å². The van der Waals surface area contributed by atoms with Gasteiger partial charge < -0.3 is 15.5 Å². The maximum atomic E-state index is 11.9. The van der Waals surface area contributed by atoms with Crippen LogP contribution in [0.4, 0.5) is 0 Å². The largest absolute Gasteiger partial charge is 0.464 e. The third kappa shape index (κ3) is 3.87. The van der Waals surface area contributed by atoms with Crippen LogP contribution in [0, 0.1) is 0 Å². The highest BCUT2D eigenvalue weighted by Crippen LogP contribution is 2.20. The first-order valence-corrected chi connectivity index (χ1v) is 7.43. The lowest BCUT2D eigenvalue weighted by Crippen LogP contribution is -2.42. The summed E-state index contributed by atoms with van der Waals surface area (Å²) >= 11 is 1.47. The molecule has 0 spiro atoms. The lowest BCUT2D eigenvalue weighted by atomic mass is 10.2. The van der Waals surface area contributed by atoms with Gasteiger partial charge in [-0.05, 0) is 18.4 Å². The monoisotopic (exact) mass is 285 g/mol. The van der Waals surface area contributed by atoms with Crippen molar-refractivity contribution in [2.75, 3.05) is 13.2 Å². The second-order valence-corrected chi connectivity index (χ2v) is 5.43. The summed E-state index contributed by atoms with van der Waals surface area (Å²) in [6, 6.07) is -0.505. The predicted octanol–water partition coefficient (Wildman–Crippen LogP) is 0.918. The minimum Gasteiger partial charge on any atom is -0.464 e. The number of hydrogen-bond acceptors (Lipinski definition) is 6. The van der Waals surface area contributed by atoms with E-state index in [1.165, 1.54) is 24.8 Å². The predicted molar refractivity (Wildman–Crippen MR) is 72.5 cm³/mol. The number of esters is 1. The maximum Gasteiger partial charge on any atom is 0.328 e. The van der Waals surface area contributed by atoms with Crippen LogP contribution in [0.3, 0.4) is 0 Å². The van der Waals surface area contributed by atoms with E-state index in [1.54, 1.807) is 5.41 Å². The Bertz CT molecular complexity index is 386. The van der Waals surface area contributed by atoms with E-state index in [-0.39, 0.29) is 11.9 Å². The summed E-state index contributed by atoms with van der Waals surface area (Å²) in [5, 5.41) is 4.44. The molecule has 1 amide bonds. The number of ether oxygens (including phenoxy) is 1. The van der Waals surface area contributed by atoms with Gasteiger partial charge in [0.2, 0.25) is 0 Å². The Labute approximate surface area is 117 Å². The smallest absolute Gasteiger partial charge is 0.328 e. The zero-order valence-corrected chi connectivity index (χ0v) is 11.8. The van der Waals surface area contributed by atoms with Crippen molar-refractivity contribution in [1.29, 1.82) is 0 Å². The van der Waals surface area contributed by atoms with Gasteiger partial charge in [-0.25, -0.2) is 4.79 Å². The molecule has 1 saturated heterocycles. The summed E-state index contributed by atoms with van der Waals surface area (Å²) in [5.41, 5.74) is 3.52. The van der Waals surface area contributed by atoms with E-state index in [2.05, 4.69) is 17.7 Å². The molecule has 2 rings (SSSR count). The molecule has 1 unspecified atom stereocenters. The molecule has 106 valence electrons. The molecule has 2 N–H and O–H groups in total. The van der Waals surface area contributed by atoms with E-state index in [1.807, 2.05) is 4.41 Å². The third-order valence-corrected chi connectivity index (χ3v) is 3.86. The number of amides is 1. The fraction of sp³-hybridized carbons (Fsp3) is 0.667. The van der Waals surface area contributed by atoms with Crippen molar-refractivity contribution in [3.63, 3.8) is 0 Å². The highest BCUT2D eigenvalue weighted by atomic mass is 32.2. The van der Waals surface area contributed by atoms with Crippen molar-refractivity contribution >= 4 is 23.8 Å².